The number of nitrogens with zero attached hydrogens (tertiary/aromatic N) is 1. The van der Waals surface area contributed by atoms with Crippen LogP contribution >= 0.6 is 11.3 Å². The molecule has 2 aliphatic rings. The average Bonchev–Trinajstić information content (AvgIpc) is 3.22. The Morgan fingerprint density at radius 3 is 3.08 bits per heavy atom. The van der Waals surface area contributed by atoms with E-state index in [0.717, 1.165) is 46.5 Å². The van der Waals surface area contributed by atoms with Crippen LogP contribution in [0.3, 0.4) is 0 Å². The Kier molecular flexibility index (Phi) is 3.60. The van der Waals surface area contributed by atoms with E-state index in [1.165, 1.54) is 10.4 Å². The summed E-state index contributed by atoms with van der Waals surface area (Å²) in [7, 11) is 0. The highest BCUT2D eigenvalue weighted by Gasteiger charge is 2.22. The summed E-state index contributed by atoms with van der Waals surface area (Å²) < 4.78 is 10.7. The quantitative estimate of drug-likeness (QED) is 0.744. The van der Waals surface area contributed by atoms with E-state index in [2.05, 4.69) is 16.9 Å². The van der Waals surface area contributed by atoms with Crippen LogP contribution in [0.2, 0.25) is 0 Å². The average molecular weight is 366 g/mol. The number of aromatic nitrogens is 2. The first-order chi connectivity index (χ1) is 12.7. The molecule has 3 aromatic rings. The third-order valence-electron chi connectivity index (χ3n) is 5.01. The number of fused-ring (bicyclic) bond motifs is 4. The molecule has 1 aliphatic heterocycles. The summed E-state index contributed by atoms with van der Waals surface area (Å²) >= 11 is 1.67. The molecule has 1 aliphatic carbocycles. The van der Waals surface area contributed by atoms with Gasteiger partial charge in [0.05, 0.1) is 5.39 Å². The molecule has 1 atom stereocenters. The van der Waals surface area contributed by atoms with Crippen LogP contribution in [0.5, 0.6) is 11.5 Å². The highest BCUT2D eigenvalue weighted by molar-refractivity contribution is 7.18. The number of benzene rings is 1. The molecule has 1 N–H and O–H groups in total. The molecule has 1 aromatic carbocycles. The van der Waals surface area contributed by atoms with Crippen LogP contribution < -0.4 is 15.0 Å². The van der Waals surface area contributed by atoms with Crippen molar-refractivity contribution in [1.29, 1.82) is 0 Å². The maximum Gasteiger partial charge on any atom is 0.260 e. The summed E-state index contributed by atoms with van der Waals surface area (Å²) in [6, 6.07) is 5.75. The van der Waals surface area contributed by atoms with E-state index in [4.69, 9.17) is 9.47 Å². The largest absolute Gasteiger partial charge is 0.454 e. The lowest BCUT2D eigenvalue weighted by Gasteiger charge is -2.17. The van der Waals surface area contributed by atoms with Crippen LogP contribution in [0.4, 0.5) is 0 Å². The minimum atomic E-state index is -0.0348. The topological polar surface area (TPSA) is 64.2 Å². The fourth-order valence-electron chi connectivity index (χ4n) is 3.64. The third kappa shape index (κ3) is 2.61. The number of hydrogen-bond donors (Lipinski definition) is 1. The monoisotopic (exact) mass is 366 g/mol. The van der Waals surface area contributed by atoms with E-state index < -0.39 is 0 Å². The van der Waals surface area contributed by atoms with Crippen molar-refractivity contribution in [2.24, 2.45) is 5.92 Å². The van der Waals surface area contributed by atoms with Gasteiger partial charge in [-0.25, -0.2) is 4.98 Å². The second-order valence-corrected chi connectivity index (χ2v) is 8.01. The van der Waals surface area contributed by atoms with Gasteiger partial charge in [0.1, 0.15) is 10.7 Å². The number of aromatic amines is 1. The first-order valence-electron chi connectivity index (χ1n) is 8.79. The molecule has 6 heteroatoms. The Bertz CT molecular complexity index is 1100. The van der Waals surface area contributed by atoms with Gasteiger partial charge in [-0.15, -0.1) is 11.3 Å². The first-order valence-corrected chi connectivity index (χ1v) is 9.61. The van der Waals surface area contributed by atoms with Crippen LogP contribution in [0, 0.1) is 5.92 Å². The molecule has 0 amide bonds. The van der Waals surface area contributed by atoms with Gasteiger partial charge in [-0.2, -0.15) is 0 Å². The minimum Gasteiger partial charge on any atom is -0.454 e. The molecule has 0 fully saturated rings. The smallest absolute Gasteiger partial charge is 0.260 e. The van der Waals surface area contributed by atoms with E-state index in [1.807, 2.05) is 30.4 Å². The zero-order chi connectivity index (χ0) is 17.7. The molecule has 0 radical (unpaired) electrons. The van der Waals surface area contributed by atoms with Crippen LogP contribution in [0.15, 0.2) is 23.0 Å². The number of H-pyrrole nitrogens is 1. The van der Waals surface area contributed by atoms with E-state index in [1.54, 1.807) is 11.3 Å². The van der Waals surface area contributed by atoms with Crippen molar-refractivity contribution in [1.82, 2.24) is 9.97 Å². The molecule has 2 aromatic heterocycles. The fourth-order valence-corrected chi connectivity index (χ4v) is 5.03. The highest BCUT2D eigenvalue weighted by Crippen LogP contribution is 2.36. The Labute approximate surface area is 154 Å². The van der Waals surface area contributed by atoms with Gasteiger partial charge >= 0.3 is 0 Å². The summed E-state index contributed by atoms with van der Waals surface area (Å²) in [5.41, 5.74) is 2.15. The molecule has 0 spiro atoms. The number of aryl methyl sites for hydroxylation is 1. The number of hydrogen-bond acceptors (Lipinski definition) is 5. The molecular weight excluding hydrogens is 348 g/mol. The predicted molar refractivity (Wildman–Crippen MR) is 103 cm³/mol. The van der Waals surface area contributed by atoms with Crippen molar-refractivity contribution in [3.8, 4) is 11.5 Å². The zero-order valence-corrected chi connectivity index (χ0v) is 15.2. The van der Waals surface area contributed by atoms with Crippen molar-refractivity contribution < 1.29 is 9.47 Å². The summed E-state index contributed by atoms with van der Waals surface area (Å²) in [6.45, 7) is 2.53. The zero-order valence-electron chi connectivity index (χ0n) is 14.4. The molecule has 0 saturated carbocycles. The van der Waals surface area contributed by atoms with E-state index >= 15 is 0 Å². The van der Waals surface area contributed by atoms with Crippen molar-refractivity contribution in [2.75, 3.05) is 6.79 Å². The molecule has 3 heterocycles. The fraction of sp³-hybridized carbons (Fsp3) is 0.300. The maximum absolute atomic E-state index is 12.6. The van der Waals surface area contributed by atoms with Crippen LogP contribution in [-0.2, 0) is 12.8 Å². The molecule has 5 rings (SSSR count). The number of nitrogens with one attached hydrogen (secondary N) is 1. The number of ether oxygens (including phenoxy) is 2. The van der Waals surface area contributed by atoms with Gasteiger partial charge in [-0.05, 0) is 54.5 Å². The van der Waals surface area contributed by atoms with Gasteiger partial charge in [-0.1, -0.05) is 19.1 Å². The molecule has 132 valence electrons. The lowest BCUT2D eigenvalue weighted by atomic mass is 9.89. The van der Waals surface area contributed by atoms with Gasteiger partial charge in [0, 0.05) is 4.88 Å². The van der Waals surface area contributed by atoms with Crippen molar-refractivity contribution >= 4 is 33.7 Å². The Morgan fingerprint density at radius 1 is 1.27 bits per heavy atom. The Hall–Kier alpha value is -2.60. The molecule has 5 nitrogen and oxygen atoms in total. The SMILES string of the molecule is CC1CCc2c(sc3nc(/C=C/c4ccc5c(c4)OCO5)[nH]c(=O)c23)C1. The lowest BCUT2D eigenvalue weighted by Crippen LogP contribution is -2.13. The maximum atomic E-state index is 12.6. The minimum absolute atomic E-state index is 0.0348. The van der Waals surface area contributed by atoms with Crippen molar-refractivity contribution in [3.63, 3.8) is 0 Å². The third-order valence-corrected chi connectivity index (χ3v) is 6.16. The van der Waals surface area contributed by atoms with Gasteiger partial charge < -0.3 is 14.5 Å². The standard InChI is InChI=1S/C20H18N2O3S/c1-11-2-5-13-16(8-11)26-20-18(13)19(23)21-17(22-20)7-4-12-3-6-14-15(9-12)25-10-24-14/h3-4,6-7,9,11H,2,5,8,10H2,1H3,(H,21,22,23)/b7-4+. The summed E-state index contributed by atoms with van der Waals surface area (Å²) in [5, 5.41) is 0.789. The van der Waals surface area contributed by atoms with Crippen LogP contribution in [-0.4, -0.2) is 16.8 Å². The molecule has 26 heavy (non-hydrogen) atoms. The van der Waals surface area contributed by atoms with Gasteiger partial charge in [0.15, 0.2) is 11.5 Å². The highest BCUT2D eigenvalue weighted by atomic mass is 32.1. The Morgan fingerprint density at radius 2 is 2.15 bits per heavy atom. The lowest BCUT2D eigenvalue weighted by molar-refractivity contribution is 0.174. The molecule has 1 unspecified atom stereocenters. The predicted octanol–water partition coefficient (Wildman–Crippen LogP) is 4.01. The number of thiophene rings is 1. The van der Waals surface area contributed by atoms with Gasteiger partial charge in [0.2, 0.25) is 6.79 Å². The molecule has 0 saturated heterocycles. The second-order valence-electron chi connectivity index (χ2n) is 6.93. The van der Waals surface area contributed by atoms with E-state index in [9.17, 15) is 4.79 Å². The molecular formula is C20H18N2O3S. The van der Waals surface area contributed by atoms with Crippen molar-refractivity contribution in [2.45, 2.75) is 26.2 Å². The summed E-state index contributed by atoms with van der Waals surface area (Å²) in [4.78, 5) is 22.4. The van der Waals surface area contributed by atoms with Gasteiger partial charge in [0.25, 0.3) is 5.56 Å². The van der Waals surface area contributed by atoms with Gasteiger partial charge in [-0.3, -0.25) is 4.79 Å². The van der Waals surface area contributed by atoms with Crippen molar-refractivity contribution in [3.05, 3.63) is 50.4 Å². The summed E-state index contributed by atoms with van der Waals surface area (Å²) in [5.74, 6) is 2.75. The Balaban J connectivity index is 1.51. The van der Waals surface area contributed by atoms with E-state index in [-0.39, 0.29) is 12.4 Å². The van der Waals surface area contributed by atoms with Crippen LogP contribution in [0.1, 0.15) is 35.2 Å². The van der Waals surface area contributed by atoms with Crippen LogP contribution in [0.25, 0.3) is 22.4 Å². The molecule has 0 bridgehead atoms. The van der Waals surface area contributed by atoms with E-state index in [0.29, 0.717) is 11.7 Å². The number of rotatable bonds is 2. The second kappa shape index (κ2) is 5.99. The normalized spacial score (nSPS) is 18.6. The first kappa shape index (κ1) is 15.6. The summed E-state index contributed by atoms with van der Waals surface area (Å²) in [6.07, 6.45) is 6.93.